The summed E-state index contributed by atoms with van der Waals surface area (Å²) in [5, 5.41) is 10.9. The average Bonchev–Trinajstić information content (AvgIpc) is 3.01. The van der Waals surface area contributed by atoms with Crippen molar-refractivity contribution >= 4 is 11.6 Å². The summed E-state index contributed by atoms with van der Waals surface area (Å²) in [5.41, 5.74) is 0.129. The second-order valence-electron chi connectivity index (χ2n) is 4.27. The van der Waals surface area contributed by atoms with Gasteiger partial charge in [0.25, 0.3) is 0 Å². The molecular weight excluding hydrogens is 212 g/mol. The molecule has 0 radical (unpaired) electrons. The van der Waals surface area contributed by atoms with Crippen molar-refractivity contribution in [3.05, 3.63) is 28.8 Å². The quantitative estimate of drug-likeness (QED) is 0.859. The van der Waals surface area contributed by atoms with E-state index in [4.69, 9.17) is 16.3 Å². The predicted octanol–water partition coefficient (Wildman–Crippen LogP) is 2.97. The number of aliphatic hydroxyl groups is 1. The zero-order valence-electron chi connectivity index (χ0n) is 8.96. The Bertz CT molecular complexity index is 370. The van der Waals surface area contributed by atoms with Crippen LogP contribution in [0, 0.1) is 5.92 Å². The highest BCUT2D eigenvalue weighted by atomic mass is 35.5. The first-order valence-corrected chi connectivity index (χ1v) is 5.50. The van der Waals surface area contributed by atoms with E-state index >= 15 is 0 Å². The molecule has 2 rings (SSSR count). The molecule has 0 aromatic heterocycles. The summed E-state index contributed by atoms with van der Waals surface area (Å²) in [7, 11) is 1.58. The number of hydrogen-bond acceptors (Lipinski definition) is 2. The highest BCUT2D eigenvalue weighted by Crippen LogP contribution is 2.46. The van der Waals surface area contributed by atoms with Gasteiger partial charge in [0.2, 0.25) is 0 Å². The topological polar surface area (TPSA) is 29.5 Å². The van der Waals surface area contributed by atoms with Crippen molar-refractivity contribution in [2.24, 2.45) is 5.92 Å². The summed E-state index contributed by atoms with van der Waals surface area (Å²) in [6.45, 7) is 1.85. The van der Waals surface area contributed by atoms with Gasteiger partial charge in [-0.1, -0.05) is 17.7 Å². The molecule has 1 atom stereocenters. The first-order chi connectivity index (χ1) is 7.05. The third-order valence-electron chi connectivity index (χ3n) is 3.11. The number of rotatable bonds is 3. The van der Waals surface area contributed by atoms with Crippen molar-refractivity contribution in [3.63, 3.8) is 0 Å². The molecule has 3 heteroatoms. The molecule has 0 bridgehead atoms. The molecule has 0 heterocycles. The number of methoxy groups -OCH3 is 1. The summed E-state index contributed by atoms with van der Waals surface area (Å²) >= 11 is 5.93. The minimum absolute atomic E-state index is 0.378. The van der Waals surface area contributed by atoms with Gasteiger partial charge in [-0.15, -0.1) is 0 Å². The van der Waals surface area contributed by atoms with Crippen LogP contribution in [0.1, 0.15) is 25.3 Å². The molecule has 1 N–H and O–H groups in total. The Hall–Kier alpha value is -0.730. The minimum atomic E-state index is -0.752. The molecule has 0 aliphatic heterocycles. The van der Waals surface area contributed by atoms with E-state index in [0.717, 1.165) is 18.4 Å². The first kappa shape index (κ1) is 10.8. The standard InChI is InChI=1S/C12H15ClO2/c1-12(14,8-3-4-8)9-5-6-10(13)11(7-9)15-2/h5-8,14H,3-4H2,1-2H3. The number of hydrogen-bond donors (Lipinski definition) is 1. The number of benzene rings is 1. The molecule has 1 aliphatic carbocycles. The average molecular weight is 227 g/mol. The van der Waals surface area contributed by atoms with Gasteiger partial charge in [0.05, 0.1) is 17.7 Å². The molecule has 1 fully saturated rings. The van der Waals surface area contributed by atoms with E-state index in [0.29, 0.717) is 16.7 Å². The van der Waals surface area contributed by atoms with E-state index in [9.17, 15) is 5.11 Å². The van der Waals surface area contributed by atoms with Crippen molar-refractivity contribution in [3.8, 4) is 5.75 Å². The second-order valence-corrected chi connectivity index (χ2v) is 4.68. The fraction of sp³-hybridized carbons (Fsp3) is 0.500. The summed E-state index contributed by atoms with van der Waals surface area (Å²) in [5.74, 6) is 0.999. The van der Waals surface area contributed by atoms with Gasteiger partial charge in [-0.05, 0) is 43.4 Å². The fourth-order valence-corrected chi connectivity index (χ4v) is 2.05. The van der Waals surface area contributed by atoms with Crippen LogP contribution in [0.15, 0.2) is 18.2 Å². The summed E-state index contributed by atoms with van der Waals surface area (Å²) in [4.78, 5) is 0. The molecule has 1 aromatic rings. The van der Waals surface area contributed by atoms with Gasteiger partial charge in [-0.25, -0.2) is 0 Å². The maximum atomic E-state index is 10.3. The molecular formula is C12H15ClO2. The SMILES string of the molecule is COc1cc(C(C)(O)C2CC2)ccc1Cl. The molecule has 15 heavy (non-hydrogen) atoms. The highest BCUT2D eigenvalue weighted by molar-refractivity contribution is 6.32. The zero-order chi connectivity index (χ0) is 11.1. The Morgan fingerprint density at radius 3 is 2.67 bits per heavy atom. The molecule has 0 spiro atoms. The van der Waals surface area contributed by atoms with Crippen LogP contribution in [-0.4, -0.2) is 12.2 Å². The summed E-state index contributed by atoms with van der Waals surface area (Å²) in [6.07, 6.45) is 2.19. The molecule has 1 unspecified atom stereocenters. The van der Waals surface area contributed by atoms with Gasteiger partial charge in [0.15, 0.2) is 0 Å². The summed E-state index contributed by atoms with van der Waals surface area (Å²) in [6, 6.07) is 5.45. The van der Waals surface area contributed by atoms with E-state index in [1.54, 1.807) is 13.2 Å². The lowest BCUT2D eigenvalue weighted by atomic mass is 9.91. The van der Waals surface area contributed by atoms with Gasteiger partial charge in [0, 0.05) is 0 Å². The van der Waals surface area contributed by atoms with Gasteiger partial charge in [-0.2, -0.15) is 0 Å². The fourth-order valence-electron chi connectivity index (χ4n) is 1.86. The molecule has 0 saturated heterocycles. The van der Waals surface area contributed by atoms with Crippen LogP contribution < -0.4 is 4.74 Å². The van der Waals surface area contributed by atoms with Gasteiger partial charge in [0.1, 0.15) is 5.75 Å². The zero-order valence-corrected chi connectivity index (χ0v) is 9.71. The van der Waals surface area contributed by atoms with Crippen molar-refractivity contribution in [2.45, 2.75) is 25.4 Å². The van der Waals surface area contributed by atoms with Crippen LogP contribution in [0.25, 0.3) is 0 Å². The Morgan fingerprint density at radius 2 is 2.13 bits per heavy atom. The van der Waals surface area contributed by atoms with E-state index in [-0.39, 0.29) is 0 Å². The maximum Gasteiger partial charge on any atom is 0.137 e. The lowest BCUT2D eigenvalue weighted by molar-refractivity contribution is 0.0329. The molecule has 0 amide bonds. The van der Waals surface area contributed by atoms with Crippen molar-refractivity contribution in [1.29, 1.82) is 0 Å². The van der Waals surface area contributed by atoms with Crippen LogP contribution >= 0.6 is 11.6 Å². The molecule has 82 valence electrons. The van der Waals surface area contributed by atoms with E-state index in [1.807, 2.05) is 19.1 Å². The van der Waals surface area contributed by atoms with Crippen LogP contribution in [-0.2, 0) is 5.60 Å². The van der Waals surface area contributed by atoms with Crippen molar-refractivity contribution < 1.29 is 9.84 Å². The van der Waals surface area contributed by atoms with E-state index in [2.05, 4.69) is 0 Å². The Morgan fingerprint density at radius 1 is 1.47 bits per heavy atom. The Labute approximate surface area is 94.8 Å². The normalized spacial score (nSPS) is 19.7. The second kappa shape index (κ2) is 3.69. The lowest BCUT2D eigenvalue weighted by Crippen LogP contribution is -2.23. The maximum absolute atomic E-state index is 10.3. The van der Waals surface area contributed by atoms with Gasteiger partial charge < -0.3 is 9.84 Å². The Balaban J connectivity index is 2.35. The third kappa shape index (κ3) is 1.97. The lowest BCUT2D eigenvalue weighted by Gasteiger charge is -2.24. The van der Waals surface area contributed by atoms with E-state index in [1.165, 1.54) is 0 Å². The summed E-state index contributed by atoms with van der Waals surface area (Å²) < 4.78 is 5.14. The molecule has 2 nitrogen and oxygen atoms in total. The third-order valence-corrected chi connectivity index (χ3v) is 3.42. The Kier molecular flexibility index (Phi) is 2.65. The van der Waals surface area contributed by atoms with Gasteiger partial charge in [-0.3, -0.25) is 0 Å². The molecule has 1 aromatic carbocycles. The van der Waals surface area contributed by atoms with Gasteiger partial charge >= 0.3 is 0 Å². The predicted molar refractivity (Wildman–Crippen MR) is 60.3 cm³/mol. The van der Waals surface area contributed by atoms with Crippen LogP contribution in [0.4, 0.5) is 0 Å². The first-order valence-electron chi connectivity index (χ1n) is 5.12. The van der Waals surface area contributed by atoms with Crippen LogP contribution in [0.5, 0.6) is 5.75 Å². The highest BCUT2D eigenvalue weighted by Gasteiger charge is 2.41. The smallest absolute Gasteiger partial charge is 0.137 e. The van der Waals surface area contributed by atoms with E-state index < -0.39 is 5.60 Å². The minimum Gasteiger partial charge on any atom is -0.495 e. The number of ether oxygens (including phenoxy) is 1. The number of halogens is 1. The van der Waals surface area contributed by atoms with Crippen molar-refractivity contribution in [2.75, 3.05) is 7.11 Å². The van der Waals surface area contributed by atoms with Crippen LogP contribution in [0.2, 0.25) is 5.02 Å². The molecule has 1 saturated carbocycles. The van der Waals surface area contributed by atoms with Crippen LogP contribution in [0.3, 0.4) is 0 Å². The molecule has 1 aliphatic rings. The largest absolute Gasteiger partial charge is 0.495 e. The monoisotopic (exact) mass is 226 g/mol. The van der Waals surface area contributed by atoms with Crippen molar-refractivity contribution in [1.82, 2.24) is 0 Å².